The predicted molar refractivity (Wildman–Crippen MR) is 66.0 cm³/mol. The number of aliphatic carboxylic acids is 2. The van der Waals surface area contributed by atoms with E-state index in [0.29, 0.717) is 12.2 Å². The van der Waals surface area contributed by atoms with Gasteiger partial charge in [-0.2, -0.15) is 13.1 Å². The van der Waals surface area contributed by atoms with Crippen molar-refractivity contribution in [1.82, 2.24) is 4.72 Å². The van der Waals surface area contributed by atoms with E-state index in [1.165, 1.54) is 6.42 Å². The predicted octanol–water partition coefficient (Wildman–Crippen LogP) is 0.423. The highest BCUT2D eigenvalue weighted by molar-refractivity contribution is 7.83. The first-order valence-electron chi connectivity index (χ1n) is 5.59. The minimum Gasteiger partial charge on any atom is -0.478 e. The zero-order valence-electron chi connectivity index (χ0n) is 10.2. The summed E-state index contributed by atoms with van der Waals surface area (Å²) in [5.74, 6) is -2.51. The monoisotopic (exact) mass is 295 g/mol. The molecule has 0 aromatic heterocycles. The fraction of sp³-hybridized carbons (Fsp3) is 0.600. The Morgan fingerprint density at radius 3 is 1.74 bits per heavy atom. The maximum Gasteiger partial charge on any atom is 0.333 e. The summed E-state index contributed by atoms with van der Waals surface area (Å²) >= 11 is 0. The second-order valence-electron chi connectivity index (χ2n) is 3.94. The summed E-state index contributed by atoms with van der Waals surface area (Å²) < 4.78 is 31.3. The molecule has 1 aliphatic rings. The van der Waals surface area contributed by atoms with Crippen molar-refractivity contribution in [3.63, 3.8) is 0 Å². The molecule has 0 heterocycles. The van der Waals surface area contributed by atoms with Gasteiger partial charge in [0.2, 0.25) is 0 Å². The standard InChI is InChI=1S/C6H13NO3S.C4H4O4/c8-11(9,10)7-6-4-2-1-3-5-6;5-3(6)1-2-4(7)8/h6-7H,1-5H2,(H,8,9,10);1-2H,(H,5,6)(H,7,8)/b;2-1-. The molecule has 110 valence electrons. The first-order valence-corrected chi connectivity index (χ1v) is 7.03. The quantitative estimate of drug-likeness (QED) is 0.435. The van der Waals surface area contributed by atoms with Crippen molar-refractivity contribution < 1.29 is 32.8 Å². The second-order valence-corrected chi connectivity index (χ2v) is 5.12. The third kappa shape index (κ3) is 12.8. The average Bonchev–Trinajstić information content (AvgIpc) is 2.26. The average molecular weight is 295 g/mol. The third-order valence-corrected chi connectivity index (χ3v) is 2.92. The normalized spacial score (nSPS) is 16.7. The van der Waals surface area contributed by atoms with Gasteiger partial charge in [0.1, 0.15) is 0 Å². The van der Waals surface area contributed by atoms with Crippen LogP contribution in [-0.2, 0) is 19.9 Å². The van der Waals surface area contributed by atoms with Gasteiger partial charge < -0.3 is 10.2 Å². The molecule has 0 aliphatic heterocycles. The van der Waals surface area contributed by atoms with E-state index in [-0.39, 0.29) is 6.04 Å². The molecule has 1 aliphatic carbocycles. The molecule has 9 heteroatoms. The molecule has 0 atom stereocenters. The topological polar surface area (TPSA) is 141 Å². The van der Waals surface area contributed by atoms with E-state index in [4.69, 9.17) is 14.8 Å². The fourth-order valence-corrected chi connectivity index (χ4v) is 2.23. The van der Waals surface area contributed by atoms with Crippen molar-refractivity contribution >= 4 is 22.2 Å². The Bertz CT molecular complexity index is 407. The number of nitrogens with one attached hydrogen (secondary N) is 1. The van der Waals surface area contributed by atoms with Gasteiger partial charge in [-0.25, -0.2) is 9.59 Å². The van der Waals surface area contributed by atoms with Gasteiger partial charge in [-0.15, -0.1) is 0 Å². The highest BCUT2D eigenvalue weighted by atomic mass is 32.2. The Kier molecular flexibility index (Phi) is 7.96. The number of carboxylic acid groups (broad SMARTS) is 2. The Balaban J connectivity index is 0.000000362. The van der Waals surface area contributed by atoms with Crippen LogP contribution in [0.4, 0.5) is 0 Å². The lowest BCUT2D eigenvalue weighted by atomic mass is 9.96. The first kappa shape index (κ1) is 17.6. The molecule has 0 saturated heterocycles. The molecular formula is C10H17NO7S. The highest BCUT2D eigenvalue weighted by Crippen LogP contribution is 2.17. The van der Waals surface area contributed by atoms with E-state index in [0.717, 1.165) is 25.7 Å². The van der Waals surface area contributed by atoms with Gasteiger partial charge in [0, 0.05) is 18.2 Å². The molecule has 19 heavy (non-hydrogen) atoms. The van der Waals surface area contributed by atoms with Crippen LogP contribution in [-0.4, -0.2) is 41.2 Å². The smallest absolute Gasteiger partial charge is 0.333 e. The minimum atomic E-state index is -3.97. The van der Waals surface area contributed by atoms with Crippen LogP contribution in [0.2, 0.25) is 0 Å². The summed E-state index contributed by atoms with van der Waals surface area (Å²) in [5, 5.41) is 15.6. The summed E-state index contributed by atoms with van der Waals surface area (Å²) in [5.41, 5.74) is 0. The van der Waals surface area contributed by atoms with Gasteiger partial charge in [0.25, 0.3) is 0 Å². The number of carbonyl (C=O) groups is 2. The summed E-state index contributed by atoms with van der Waals surface area (Å²) in [4.78, 5) is 19.1. The third-order valence-electron chi connectivity index (χ3n) is 2.29. The van der Waals surface area contributed by atoms with E-state index < -0.39 is 22.2 Å². The van der Waals surface area contributed by atoms with Crippen molar-refractivity contribution in [2.45, 2.75) is 38.1 Å². The molecular weight excluding hydrogens is 278 g/mol. The number of hydrogen-bond acceptors (Lipinski definition) is 4. The Hall–Kier alpha value is -1.45. The molecule has 0 spiro atoms. The van der Waals surface area contributed by atoms with Crippen LogP contribution >= 0.6 is 0 Å². The van der Waals surface area contributed by atoms with E-state index in [1.54, 1.807) is 0 Å². The maximum atomic E-state index is 10.3. The Morgan fingerprint density at radius 2 is 1.42 bits per heavy atom. The summed E-state index contributed by atoms with van der Waals surface area (Å²) in [6.45, 7) is 0. The van der Waals surface area contributed by atoms with Crippen molar-refractivity contribution in [3.05, 3.63) is 12.2 Å². The van der Waals surface area contributed by atoms with Crippen LogP contribution in [0.15, 0.2) is 12.2 Å². The lowest BCUT2D eigenvalue weighted by Crippen LogP contribution is -2.35. The van der Waals surface area contributed by atoms with Crippen LogP contribution in [0, 0.1) is 0 Å². The molecule has 0 amide bonds. The molecule has 0 bridgehead atoms. The molecule has 0 aromatic carbocycles. The number of rotatable bonds is 4. The van der Waals surface area contributed by atoms with Crippen molar-refractivity contribution in [2.24, 2.45) is 0 Å². The first-order chi connectivity index (χ1) is 8.70. The fourth-order valence-electron chi connectivity index (χ4n) is 1.57. The summed E-state index contributed by atoms with van der Waals surface area (Å²) in [6.07, 6.45) is 6.08. The number of carboxylic acids is 2. The van der Waals surface area contributed by atoms with Crippen molar-refractivity contribution in [2.75, 3.05) is 0 Å². The van der Waals surface area contributed by atoms with Crippen LogP contribution in [0.5, 0.6) is 0 Å². The summed E-state index contributed by atoms with van der Waals surface area (Å²) in [7, 11) is -3.97. The minimum absolute atomic E-state index is 0.0428. The molecule has 0 unspecified atom stereocenters. The molecule has 0 aromatic rings. The molecule has 8 nitrogen and oxygen atoms in total. The SMILES string of the molecule is O=C(O)/C=C\C(=O)O.O=S(=O)(O)NC1CCCCC1. The van der Waals surface area contributed by atoms with Crippen molar-refractivity contribution in [3.8, 4) is 0 Å². The molecule has 4 N–H and O–H groups in total. The van der Waals surface area contributed by atoms with Gasteiger partial charge in [-0.05, 0) is 12.8 Å². The maximum absolute atomic E-state index is 10.3. The molecule has 0 radical (unpaired) electrons. The lowest BCUT2D eigenvalue weighted by Gasteiger charge is -2.20. The van der Waals surface area contributed by atoms with E-state index >= 15 is 0 Å². The Morgan fingerprint density at radius 1 is 1.00 bits per heavy atom. The zero-order valence-corrected chi connectivity index (χ0v) is 11.0. The van der Waals surface area contributed by atoms with Crippen LogP contribution in [0.3, 0.4) is 0 Å². The van der Waals surface area contributed by atoms with E-state index in [9.17, 15) is 18.0 Å². The Labute approximate surface area is 111 Å². The lowest BCUT2D eigenvalue weighted by molar-refractivity contribution is -0.134. The molecule has 1 saturated carbocycles. The van der Waals surface area contributed by atoms with E-state index in [2.05, 4.69) is 4.72 Å². The van der Waals surface area contributed by atoms with Crippen LogP contribution in [0.1, 0.15) is 32.1 Å². The van der Waals surface area contributed by atoms with Gasteiger partial charge in [0.15, 0.2) is 0 Å². The number of hydrogen-bond donors (Lipinski definition) is 4. The largest absolute Gasteiger partial charge is 0.478 e. The van der Waals surface area contributed by atoms with E-state index in [1.807, 2.05) is 0 Å². The van der Waals surface area contributed by atoms with Gasteiger partial charge >= 0.3 is 22.2 Å². The van der Waals surface area contributed by atoms with Crippen LogP contribution in [0.25, 0.3) is 0 Å². The van der Waals surface area contributed by atoms with Crippen LogP contribution < -0.4 is 4.72 Å². The van der Waals surface area contributed by atoms with Gasteiger partial charge in [0.05, 0.1) is 0 Å². The molecule has 1 rings (SSSR count). The van der Waals surface area contributed by atoms with Gasteiger partial charge in [-0.3, -0.25) is 4.55 Å². The van der Waals surface area contributed by atoms with Gasteiger partial charge in [-0.1, -0.05) is 19.3 Å². The van der Waals surface area contributed by atoms with Crippen molar-refractivity contribution in [1.29, 1.82) is 0 Å². The zero-order chi connectivity index (χ0) is 14.9. The molecule has 1 fully saturated rings. The highest BCUT2D eigenvalue weighted by Gasteiger charge is 2.17. The second kappa shape index (κ2) is 8.62. The summed E-state index contributed by atoms with van der Waals surface area (Å²) in [6, 6.07) is -0.0428.